The summed E-state index contributed by atoms with van der Waals surface area (Å²) in [5.74, 6) is -0.282. The second-order valence-electron chi connectivity index (χ2n) is 3.88. The summed E-state index contributed by atoms with van der Waals surface area (Å²) in [6.07, 6.45) is 2.86. The molecule has 18 heavy (non-hydrogen) atoms. The Morgan fingerprint density at radius 1 is 1.50 bits per heavy atom. The third-order valence-corrected chi connectivity index (χ3v) is 2.69. The van der Waals surface area contributed by atoms with Gasteiger partial charge >= 0.3 is 5.97 Å². The minimum absolute atomic E-state index is 0.143. The van der Waals surface area contributed by atoms with Crippen LogP contribution in [0.4, 0.5) is 5.69 Å². The van der Waals surface area contributed by atoms with Crippen LogP contribution in [0.5, 0.6) is 0 Å². The topological polar surface area (TPSA) is 88.3 Å². The highest BCUT2D eigenvalue weighted by atomic mass is 16.5. The molecule has 94 valence electrons. The van der Waals surface area contributed by atoms with E-state index in [1.165, 1.54) is 6.20 Å². The quantitative estimate of drug-likeness (QED) is 0.859. The lowest BCUT2D eigenvalue weighted by atomic mass is 10.2. The van der Waals surface area contributed by atoms with Crippen LogP contribution in [0.3, 0.4) is 0 Å². The van der Waals surface area contributed by atoms with Crippen molar-refractivity contribution in [2.24, 2.45) is 0 Å². The summed E-state index contributed by atoms with van der Waals surface area (Å²) in [5.41, 5.74) is 2.40. The van der Waals surface area contributed by atoms with Crippen molar-refractivity contribution in [3.63, 3.8) is 0 Å². The number of carbonyl (C=O) groups is 1. The minimum Gasteiger partial charge on any atom is -0.478 e. The van der Waals surface area contributed by atoms with Crippen molar-refractivity contribution in [1.29, 1.82) is 0 Å². The number of hydrogen-bond acceptors (Lipinski definition) is 5. The van der Waals surface area contributed by atoms with Gasteiger partial charge in [0.1, 0.15) is 11.3 Å². The Morgan fingerprint density at radius 2 is 2.28 bits per heavy atom. The number of pyridine rings is 1. The summed E-state index contributed by atoms with van der Waals surface area (Å²) >= 11 is 0. The zero-order valence-corrected chi connectivity index (χ0v) is 10.1. The lowest BCUT2D eigenvalue weighted by Gasteiger charge is -2.08. The van der Waals surface area contributed by atoms with Crippen LogP contribution in [0.15, 0.2) is 23.0 Å². The molecule has 0 radical (unpaired) electrons. The van der Waals surface area contributed by atoms with E-state index in [-0.39, 0.29) is 5.56 Å². The van der Waals surface area contributed by atoms with Crippen molar-refractivity contribution < 1.29 is 14.4 Å². The van der Waals surface area contributed by atoms with E-state index in [2.05, 4.69) is 15.5 Å². The molecule has 0 aliphatic heterocycles. The molecule has 2 rings (SSSR count). The molecule has 0 unspecified atom stereocenters. The van der Waals surface area contributed by atoms with E-state index in [0.717, 1.165) is 17.0 Å². The molecule has 0 aliphatic carbocycles. The molecule has 0 saturated carbocycles. The van der Waals surface area contributed by atoms with Crippen molar-refractivity contribution in [2.75, 3.05) is 5.32 Å². The van der Waals surface area contributed by atoms with Gasteiger partial charge in [-0.25, -0.2) is 4.79 Å². The number of carboxylic acid groups (broad SMARTS) is 1. The predicted molar refractivity (Wildman–Crippen MR) is 64.5 cm³/mol. The number of hydrogen-bond donors (Lipinski definition) is 2. The fourth-order valence-corrected chi connectivity index (χ4v) is 1.66. The molecule has 2 N–H and O–H groups in total. The van der Waals surface area contributed by atoms with Crippen LogP contribution in [0, 0.1) is 13.8 Å². The van der Waals surface area contributed by atoms with E-state index in [1.807, 2.05) is 13.8 Å². The van der Waals surface area contributed by atoms with Gasteiger partial charge in [-0.05, 0) is 19.9 Å². The number of carboxylic acids is 1. The molecule has 0 amide bonds. The van der Waals surface area contributed by atoms with Gasteiger partial charge in [-0.15, -0.1) is 0 Å². The summed E-state index contributed by atoms with van der Waals surface area (Å²) < 4.78 is 5.04. The zero-order chi connectivity index (χ0) is 13.1. The first-order valence-electron chi connectivity index (χ1n) is 5.42. The molecule has 0 spiro atoms. The third kappa shape index (κ3) is 2.32. The van der Waals surface area contributed by atoms with E-state index in [4.69, 9.17) is 9.63 Å². The largest absolute Gasteiger partial charge is 0.478 e. The molecule has 2 aromatic rings. The zero-order valence-electron chi connectivity index (χ0n) is 10.1. The second-order valence-corrected chi connectivity index (χ2v) is 3.88. The average molecular weight is 247 g/mol. The van der Waals surface area contributed by atoms with Gasteiger partial charge in [0.15, 0.2) is 0 Å². The van der Waals surface area contributed by atoms with Crippen molar-refractivity contribution in [3.05, 3.63) is 41.0 Å². The summed E-state index contributed by atoms with van der Waals surface area (Å²) in [6.45, 7) is 4.13. The van der Waals surface area contributed by atoms with Gasteiger partial charge < -0.3 is 14.9 Å². The normalized spacial score (nSPS) is 10.3. The molecule has 6 nitrogen and oxygen atoms in total. The Labute approximate surface area is 104 Å². The highest BCUT2D eigenvalue weighted by Gasteiger charge is 2.12. The first kappa shape index (κ1) is 12.1. The van der Waals surface area contributed by atoms with Crippen molar-refractivity contribution in [2.45, 2.75) is 20.4 Å². The van der Waals surface area contributed by atoms with Crippen LogP contribution < -0.4 is 5.32 Å². The maximum atomic E-state index is 11.0. The minimum atomic E-state index is -1.01. The molecule has 0 atom stereocenters. The molecule has 0 aliphatic rings. The first-order valence-corrected chi connectivity index (χ1v) is 5.42. The maximum Gasteiger partial charge on any atom is 0.339 e. The van der Waals surface area contributed by atoms with E-state index in [1.54, 1.807) is 12.3 Å². The standard InChI is InChI=1S/C12H13N3O3/c1-7-9(8(2)18-15-7)6-14-11-3-4-13-5-10(11)12(16)17/h3-5H,6H2,1-2H3,(H,13,14)(H,16,17). The number of rotatable bonds is 4. The van der Waals surface area contributed by atoms with Crippen molar-refractivity contribution in [3.8, 4) is 0 Å². The second kappa shape index (κ2) is 4.87. The van der Waals surface area contributed by atoms with E-state index in [0.29, 0.717) is 12.2 Å². The van der Waals surface area contributed by atoms with Gasteiger partial charge in [-0.3, -0.25) is 4.98 Å². The molecule has 0 saturated heterocycles. The van der Waals surface area contributed by atoms with Crippen molar-refractivity contribution in [1.82, 2.24) is 10.1 Å². The Kier molecular flexibility index (Phi) is 3.27. The van der Waals surface area contributed by atoms with E-state index >= 15 is 0 Å². The van der Waals surface area contributed by atoms with Gasteiger partial charge in [0, 0.05) is 24.5 Å². The molecular formula is C12H13N3O3. The van der Waals surface area contributed by atoms with Crippen LogP contribution in [-0.4, -0.2) is 21.2 Å². The number of anilines is 1. The summed E-state index contributed by atoms with van der Waals surface area (Å²) in [5, 5.41) is 15.9. The molecule has 2 heterocycles. The predicted octanol–water partition coefficient (Wildman–Crippen LogP) is 2.00. The van der Waals surface area contributed by atoms with E-state index < -0.39 is 5.97 Å². The Morgan fingerprint density at radius 3 is 2.89 bits per heavy atom. The SMILES string of the molecule is Cc1noc(C)c1CNc1ccncc1C(=O)O. The number of aryl methyl sites for hydroxylation is 2. The third-order valence-electron chi connectivity index (χ3n) is 2.69. The Balaban J connectivity index is 2.18. The molecular weight excluding hydrogens is 234 g/mol. The number of aromatic carboxylic acids is 1. The number of nitrogens with zero attached hydrogens (tertiary/aromatic N) is 2. The fourth-order valence-electron chi connectivity index (χ4n) is 1.66. The van der Waals surface area contributed by atoms with Gasteiger partial charge in [0.05, 0.1) is 11.4 Å². The monoisotopic (exact) mass is 247 g/mol. The number of aromatic nitrogens is 2. The summed E-state index contributed by atoms with van der Waals surface area (Å²) in [4.78, 5) is 14.8. The smallest absolute Gasteiger partial charge is 0.339 e. The molecule has 0 bridgehead atoms. The Hall–Kier alpha value is -2.37. The first-order chi connectivity index (χ1) is 8.59. The molecule has 2 aromatic heterocycles. The van der Waals surface area contributed by atoms with Crippen LogP contribution in [0.1, 0.15) is 27.4 Å². The van der Waals surface area contributed by atoms with Gasteiger partial charge in [-0.2, -0.15) is 0 Å². The van der Waals surface area contributed by atoms with Crippen LogP contribution in [0.25, 0.3) is 0 Å². The number of nitrogens with one attached hydrogen (secondary N) is 1. The lowest BCUT2D eigenvalue weighted by Crippen LogP contribution is -2.07. The van der Waals surface area contributed by atoms with Crippen LogP contribution >= 0.6 is 0 Å². The van der Waals surface area contributed by atoms with Crippen LogP contribution in [0.2, 0.25) is 0 Å². The highest BCUT2D eigenvalue weighted by molar-refractivity contribution is 5.93. The van der Waals surface area contributed by atoms with Crippen LogP contribution in [-0.2, 0) is 6.54 Å². The van der Waals surface area contributed by atoms with E-state index in [9.17, 15) is 4.79 Å². The molecule has 6 heteroatoms. The van der Waals surface area contributed by atoms with Crippen molar-refractivity contribution >= 4 is 11.7 Å². The maximum absolute atomic E-state index is 11.0. The Bertz CT molecular complexity index is 558. The fraction of sp³-hybridized carbons (Fsp3) is 0.250. The highest BCUT2D eigenvalue weighted by Crippen LogP contribution is 2.17. The average Bonchev–Trinajstić information content (AvgIpc) is 2.67. The lowest BCUT2D eigenvalue weighted by molar-refractivity contribution is 0.0697. The molecule has 0 fully saturated rings. The van der Waals surface area contributed by atoms with Gasteiger partial charge in [0.2, 0.25) is 0 Å². The van der Waals surface area contributed by atoms with Gasteiger partial charge in [-0.1, -0.05) is 5.16 Å². The molecule has 0 aromatic carbocycles. The van der Waals surface area contributed by atoms with Gasteiger partial charge in [0.25, 0.3) is 0 Å². The summed E-state index contributed by atoms with van der Waals surface area (Å²) in [6, 6.07) is 1.63. The summed E-state index contributed by atoms with van der Waals surface area (Å²) in [7, 11) is 0.